The van der Waals surface area contributed by atoms with Crippen molar-refractivity contribution < 1.29 is 4.79 Å². The Kier molecular flexibility index (Phi) is 5.90. The van der Waals surface area contributed by atoms with Crippen molar-refractivity contribution in [1.82, 2.24) is 44.7 Å². The molecule has 1 amide bonds. The number of hydrogen-bond acceptors (Lipinski definition) is 10. The fourth-order valence-electron chi connectivity index (χ4n) is 5.16. The van der Waals surface area contributed by atoms with Crippen molar-refractivity contribution >= 4 is 17.4 Å². The van der Waals surface area contributed by atoms with Crippen LogP contribution in [0.15, 0.2) is 59.9 Å². The van der Waals surface area contributed by atoms with Gasteiger partial charge in [-0.2, -0.15) is 20.9 Å². The summed E-state index contributed by atoms with van der Waals surface area (Å²) in [7, 11) is 2.07. The Morgan fingerprint density at radius 2 is 2.11 bits per heavy atom. The maximum absolute atomic E-state index is 12.6. The number of amides is 1. The number of nitrogens with one attached hydrogen (secondary N) is 2. The molecule has 0 aliphatic carbocycles. The Morgan fingerprint density at radius 3 is 2.86 bits per heavy atom. The van der Waals surface area contributed by atoms with Crippen molar-refractivity contribution in [3.63, 3.8) is 0 Å². The number of aromatic nitrogens is 4. The van der Waals surface area contributed by atoms with E-state index in [0.717, 1.165) is 43.4 Å². The summed E-state index contributed by atoms with van der Waals surface area (Å²) in [6.07, 6.45) is 13.2. The first-order valence-corrected chi connectivity index (χ1v) is 12.4. The quantitative estimate of drug-likeness (QED) is 0.530. The maximum atomic E-state index is 12.6. The van der Waals surface area contributed by atoms with Crippen LogP contribution in [-0.4, -0.2) is 104 Å². The van der Waals surface area contributed by atoms with Gasteiger partial charge in [0.2, 0.25) is 5.91 Å². The first kappa shape index (κ1) is 23.3. The number of rotatable bonds is 7. The number of likely N-dealkylation sites (N-methyl/N-ethyl adjacent to an activating group) is 1. The summed E-state index contributed by atoms with van der Waals surface area (Å²) in [4.78, 5) is 23.8. The summed E-state index contributed by atoms with van der Waals surface area (Å²) in [6.45, 7) is 4.87. The van der Waals surface area contributed by atoms with Gasteiger partial charge in [0.05, 0.1) is 30.1 Å². The molecule has 4 aliphatic heterocycles. The average molecular weight is 503 g/mol. The van der Waals surface area contributed by atoms with Crippen molar-refractivity contribution in [1.29, 1.82) is 5.26 Å². The molecular formula is C24H30N12O. The number of carbonyl (C=O) groups is 1. The first-order chi connectivity index (χ1) is 18.0. The van der Waals surface area contributed by atoms with Gasteiger partial charge in [-0.3, -0.25) is 19.2 Å². The van der Waals surface area contributed by atoms with Gasteiger partial charge < -0.3 is 20.0 Å². The Morgan fingerprint density at radius 1 is 1.27 bits per heavy atom. The number of fused-ring (bicyclic) bond motifs is 1. The highest BCUT2D eigenvalue weighted by atomic mass is 16.2. The number of allylic oxidation sites excluding steroid dienone is 2. The highest BCUT2D eigenvalue weighted by Crippen LogP contribution is 2.36. The number of nitriles is 1. The summed E-state index contributed by atoms with van der Waals surface area (Å²) < 4.78 is 3.56. The number of piperazine rings is 1. The van der Waals surface area contributed by atoms with Crippen LogP contribution < -0.4 is 10.7 Å². The molecule has 0 saturated carbocycles. The maximum Gasteiger partial charge on any atom is 0.244 e. The lowest BCUT2D eigenvalue weighted by Gasteiger charge is -2.51. The first-order valence-electron chi connectivity index (χ1n) is 12.4. The molecule has 37 heavy (non-hydrogen) atoms. The molecule has 4 aliphatic rings. The van der Waals surface area contributed by atoms with Crippen LogP contribution in [0.4, 0.5) is 5.69 Å². The molecule has 2 saturated heterocycles. The van der Waals surface area contributed by atoms with Crippen LogP contribution in [0, 0.1) is 11.3 Å². The fourth-order valence-corrected chi connectivity index (χ4v) is 5.16. The van der Waals surface area contributed by atoms with Crippen molar-refractivity contribution in [3.8, 4) is 6.07 Å². The number of carbonyl (C=O) groups excluding carboxylic acids is 1. The Hall–Kier alpha value is -4.15. The zero-order valence-electron chi connectivity index (χ0n) is 20.7. The van der Waals surface area contributed by atoms with Crippen LogP contribution in [0.25, 0.3) is 0 Å². The van der Waals surface area contributed by atoms with E-state index in [-0.39, 0.29) is 24.3 Å². The smallest absolute Gasteiger partial charge is 0.244 e. The number of hydrazine groups is 1. The number of hydrogen-bond donors (Lipinski definition) is 2. The largest absolute Gasteiger partial charge is 0.363 e. The number of amidine groups is 1. The number of anilines is 1. The molecule has 2 aromatic rings. The Bertz CT molecular complexity index is 1270. The van der Waals surface area contributed by atoms with Crippen LogP contribution in [0.5, 0.6) is 0 Å². The van der Waals surface area contributed by atoms with Crippen LogP contribution in [0.2, 0.25) is 0 Å². The predicted molar refractivity (Wildman–Crippen MR) is 135 cm³/mol. The average Bonchev–Trinajstić information content (AvgIpc) is 3.63. The van der Waals surface area contributed by atoms with E-state index in [1.165, 1.54) is 0 Å². The molecule has 2 fully saturated rings. The zero-order valence-corrected chi connectivity index (χ0v) is 20.7. The Balaban J connectivity index is 1.08. The van der Waals surface area contributed by atoms with E-state index in [0.29, 0.717) is 19.5 Å². The lowest BCUT2D eigenvalue weighted by molar-refractivity contribution is -0.133. The molecule has 1 atom stereocenters. The van der Waals surface area contributed by atoms with Crippen molar-refractivity contribution in [3.05, 3.63) is 54.9 Å². The molecule has 6 rings (SSSR count). The molecule has 13 nitrogen and oxygen atoms in total. The third-order valence-corrected chi connectivity index (χ3v) is 7.26. The molecule has 192 valence electrons. The molecule has 1 unspecified atom stereocenters. The molecule has 6 heterocycles. The van der Waals surface area contributed by atoms with E-state index in [1.807, 2.05) is 51.4 Å². The molecule has 2 N–H and O–H groups in total. The van der Waals surface area contributed by atoms with Gasteiger partial charge in [0, 0.05) is 64.1 Å². The SMILES string of the molecule is CN1CCN(C(=O)Cn2cc(NC3N=C4C(N5CC(CC#N)(n6cccn6)C5)=CC=CN4N3)cn2)CC1. The number of aliphatic imine (C=N–C) groups is 1. The van der Waals surface area contributed by atoms with E-state index in [9.17, 15) is 10.1 Å². The van der Waals surface area contributed by atoms with Crippen molar-refractivity contribution in [2.24, 2.45) is 4.99 Å². The van der Waals surface area contributed by atoms with E-state index >= 15 is 0 Å². The number of nitrogens with zero attached hydrogens (tertiary/aromatic N) is 10. The van der Waals surface area contributed by atoms with Crippen LogP contribution in [-0.2, 0) is 16.9 Å². The molecule has 0 spiro atoms. The molecule has 0 radical (unpaired) electrons. The minimum Gasteiger partial charge on any atom is -0.363 e. The summed E-state index contributed by atoms with van der Waals surface area (Å²) in [5, 5.41) is 23.4. The van der Waals surface area contributed by atoms with E-state index in [1.54, 1.807) is 17.1 Å². The molecular weight excluding hydrogens is 472 g/mol. The monoisotopic (exact) mass is 502 g/mol. The van der Waals surface area contributed by atoms with Gasteiger partial charge in [-0.15, -0.1) is 0 Å². The normalized spacial score (nSPS) is 22.7. The fraction of sp³-hybridized carbons (Fsp3) is 0.458. The summed E-state index contributed by atoms with van der Waals surface area (Å²) in [5.41, 5.74) is 4.77. The lowest BCUT2D eigenvalue weighted by atomic mass is 9.86. The van der Waals surface area contributed by atoms with E-state index < -0.39 is 0 Å². The topological polar surface area (TPSA) is 126 Å². The summed E-state index contributed by atoms with van der Waals surface area (Å²) >= 11 is 0. The van der Waals surface area contributed by atoms with Gasteiger partial charge in [-0.05, 0) is 25.3 Å². The minimum atomic E-state index is -0.386. The standard InChI is InChI=1S/C24H30N12O/c1-31-10-12-32(13-11-31)21(37)16-34-15-19(14-27-34)28-23-29-22-20(4-2-8-35(22)30-23)33-17-24(18-33,5-6-25)36-9-3-7-26-36/h2-4,7-9,14-15,23,28,30H,5,10-13,16-18H2,1H3. The third-order valence-electron chi connectivity index (χ3n) is 7.26. The van der Waals surface area contributed by atoms with Crippen LogP contribution in [0.3, 0.4) is 0 Å². The highest BCUT2D eigenvalue weighted by molar-refractivity contribution is 6.00. The van der Waals surface area contributed by atoms with Gasteiger partial charge >= 0.3 is 0 Å². The molecule has 0 aromatic carbocycles. The lowest BCUT2D eigenvalue weighted by Crippen LogP contribution is -2.63. The highest BCUT2D eigenvalue weighted by Gasteiger charge is 2.47. The van der Waals surface area contributed by atoms with Crippen molar-refractivity contribution in [2.45, 2.75) is 24.8 Å². The second-order valence-corrected chi connectivity index (χ2v) is 9.87. The third kappa shape index (κ3) is 4.45. The van der Waals surface area contributed by atoms with Gasteiger partial charge in [0.25, 0.3) is 0 Å². The van der Waals surface area contributed by atoms with Crippen LogP contribution >= 0.6 is 0 Å². The molecule has 2 aromatic heterocycles. The second kappa shape index (κ2) is 9.38. The predicted octanol–water partition coefficient (Wildman–Crippen LogP) is -0.196. The zero-order chi connectivity index (χ0) is 25.4. The molecule has 0 bridgehead atoms. The van der Waals surface area contributed by atoms with Crippen molar-refractivity contribution in [2.75, 3.05) is 51.6 Å². The van der Waals surface area contributed by atoms with Gasteiger partial charge in [-0.25, -0.2) is 4.99 Å². The molecule has 13 heteroatoms. The summed E-state index contributed by atoms with van der Waals surface area (Å²) in [5.74, 6) is 0.889. The van der Waals surface area contributed by atoms with E-state index in [2.05, 4.69) is 43.9 Å². The van der Waals surface area contributed by atoms with E-state index in [4.69, 9.17) is 4.99 Å². The van der Waals surface area contributed by atoms with Crippen LogP contribution in [0.1, 0.15) is 6.42 Å². The van der Waals surface area contributed by atoms with Gasteiger partial charge in [-0.1, -0.05) is 0 Å². The summed E-state index contributed by atoms with van der Waals surface area (Å²) in [6, 6.07) is 4.21. The minimum absolute atomic E-state index is 0.0798. The van der Waals surface area contributed by atoms with Gasteiger partial charge in [0.1, 0.15) is 12.1 Å². The van der Waals surface area contributed by atoms with Gasteiger partial charge in [0.15, 0.2) is 12.1 Å². The number of likely N-dealkylation sites (tertiary alicyclic amines) is 1. The Labute approximate surface area is 214 Å². The second-order valence-electron chi connectivity index (χ2n) is 9.87.